The predicted molar refractivity (Wildman–Crippen MR) is 232 cm³/mol. The molecule has 25 unspecified atom stereocenters. The average Bonchev–Trinajstić information content (AvgIpc) is 3.61. The van der Waals surface area contributed by atoms with E-state index in [1.54, 1.807) is 0 Å². The van der Waals surface area contributed by atoms with Crippen LogP contribution in [0.3, 0.4) is 0 Å². The minimum Gasteiger partial charge on any atom is -0.394 e. The smallest absolute Gasteiger partial charge is 0.187 e. The van der Waals surface area contributed by atoms with Crippen LogP contribution >= 0.6 is 0 Å². The van der Waals surface area contributed by atoms with Gasteiger partial charge >= 0.3 is 0 Å². The maximum Gasteiger partial charge on any atom is 0.187 e. The summed E-state index contributed by atoms with van der Waals surface area (Å²) in [4.78, 5) is 0. The molecule has 4 saturated carbocycles. The minimum atomic E-state index is -1.72. The van der Waals surface area contributed by atoms with Gasteiger partial charge in [0.2, 0.25) is 0 Å². The van der Waals surface area contributed by atoms with E-state index in [4.69, 9.17) is 28.4 Å². The van der Waals surface area contributed by atoms with E-state index in [1.807, 2.05) is 13.8 Å². The van der Waals surface area contributed by atoms with E-state index < -0.39 is 134 Å². The van der Waals surface area contributed by atoms with Crippen molar-refractivity contribution >= 4 is 0 Å². The highest BCUT2D eigenvalue weighted by Gasteiger charge is 2.72. The Hall–Kier alpha value is -0.940. The summed E-state index contributed by atoms with van der Waals surface area (Å²) < 4.78 is 38.3. The fourth-order valence-electron chi connectivity index (χ4n) is 14.9. The van der Waals surface area contributed by atoms with Crippen molar-refractivity contribution in [3.63, 3.8) is 0 Å². The Morgan fingerprint density at radius 3 is 1.89 bits per heavy atom. The van der Waals surface area contributed by atoms with Gasteiger partial charge in [-0.25, -0.2) is 0 Å². The van der Waals surface area contributed by atoms with Crippen molar-refractivity contribution in [3.05, 3.63) is 11.6 Å². The summed E-state index contributed by atoms with van der Waals surface area (Å²) in [5.41, 5.74) is -1.47. The monoisotopic (exact) mass is 931 g/mol. The number of rotatable bonds is 12. The minimum absolute atomic E-state index is 0.0303. The third-order valence-electron chi connectivity index (χ3n) is 18.7. The van der Waals surface area contributed by atoms with Gasteiger partial charge in [-0.2, -0.15) is 0 Å². The molecule has 376 valence electrons. The van der Waals surface area contributed by atoms with E-state index >= 15 is 0 Å². The Morgan fingerprint density at radius 1 is 0.662 bits per heavy atom. The van der Waals surface area contributed by atoms with Crippen molar-refractivity contribution in [1.82, 2.24) is 0 Å². The van der Waals surface area contributed by atoms with Crippen molar-refractivity contribution in [2.75, 3.05) is 13.2 Å². The second kappa shape index (κ2) is 19.0. The molecular weight excluding hydrogens is 849 g/mol. The molecule has 3 saturated heterocycles. The van der Waals surface area contributed by atoms with Gasteiger partial charge < -0.3 is 84.6 Å². The number of hydrogen-bond donors (Lipinski definition) is 11. The standard InChI is InChI=1S/C48H82O17/c1-22(2)11-10-16-48(9,65-42-38(59)35(56)32(53)27(20-49)62-42)25-14-18-46(7)24(25)12-13-29-45(6)17-15-30(51)44(4,5)40(45)26(19-47(29,46)8)61-43-39(36(57)33(54)28(21-50)63-43)64-41-37(58)34(55)31(52)23(3)60-41/h11,23-43,49-59H,10,12-21H2,1-9H3. The van der Waals surface area contributed by atoms with Crippen molar-refractivity contribution in [3.8, 4) is 0 Å². The van der Waals surface area contributed by atoms with Gasteiger partial charge in [0.1, 0.15) is 67.1 Å². The van der Waals surface area contributed by atoms with Crippen LogP contribution in [0.4, 0.5) is 0 Å². The molecule has 0 bridgehead atoms. The SMILES string of the molecule is CC(C)=CCCC(C)(OC1OC(CO)C(O)C(O)C1O)C1CCC2(C)C1CCC1C3(C)CCC(O)C(C)(C)C3C(OC3OC(CO)C(O)C(O)C3OC3OC(C)C(O)C(O)C3O)CC12C. The molecule has 25 atom stereocenters. The molecule has 7 aliphatic rings. The summed E-state index contributed by atoms with van der Waals surface area (Å²) in [5.74, 6) is 0.0245. The second-order valence-corrected chi connectivity index (χ2v) is 22.9. The molecule has 7 rings (SSSR count). The first-order valence-corrected chi connectivity index (χ1v) is 24.2. The van der Waals surface area contributed by atoms with Gasteiger partial charge in [0.15, 0.2) is 18.9 Å². The van der Waals surface area contributed by atoms with E-state index in [-0.39, 0.29) is 34.5 Å². The number of allylic oxidation sites excluding steroid dienone is 2. The van der Waals surface area contributed by atoms with Gasteiger partial charge in [-0.15, -0.1) is 0 Å². The topological polar surface area (TPSA) is 278 Å². The summed E-state index contributed by atoms with van der Waals surface area (Å²) in [6.07, 6.45) is -14.5. The molecule has 65 heavy (non-hydrogen) atoms. The van der Waals surface area contributed by atoms with E-state index in [0.717, 1.165) is 37.7 Å². The average molecular weight is 931 g/mol. The maximum absolute atomic E-state index is 11.8. The van der Waals surface area contributed by atoms with Crippen LogP contribution in [-0.2, 0) is 28.4 Å². The lowest BCUT2D eigenvalue weighted by molar-refractivity contribution is -0.381. The molecule has 3 heterocycles. The van der Waals surface area contributed by atoms with Crippen LogP contribution in [0.15, 0.2) is 11.6 Å². The van der Waals surface area contributed by atoms with Gasteiger partial charge in [0.05, 0.1) is 37.1 Å². The molecule has 0 aromatic heterocycles. The van der Waals surface area contributed by atoms with Gasteiger partial charge in [-0.3, -0.25) is 0 Å². The number of fused-ring (bicyclic) bond motifs is 5. The van der Waals surface area contributed by atoms with Crippen LogP contribution in [-0.4, -0.2) is 179 Å². The van der Waals surface area contributed by atoms with Gasteiger partial charge in [-0.1, -0.05) is 46.3 Å². The van der Waals surface area contributed by atoms with Gasteiger partial charge in [0.25, 0.3) is 0 Å². The van der Waals surface area contributed by atoms with Crippen molar-refractivity contribution < 1.29 is 84.6 Å². The maximum atomic E-state index is 11.8. The highest BCUT2D eigenvalue weighted by atomic mass is 16.8. The Labute approximate surface area is 384 Å². The van der Waals surface area contributed by atoms with Crippen LogP contribution in [0.1, 0.15) is 120 Å². The Bertz CT molecular complexity index is 1660. The third-order valence-corrected chi connectivity index (χ3v) is 18.7. The van der Waals surface area contributed by atoms with Gasteiger partial charge in [-0.05, 0) is 131 Å². The van der Waals surface area contributed by atoms with Crippen LogP contribution in [0, 0.1) is 45.3 Å². The summed E-state index contributed by atoms with van der Waals surface area (Å²) in [6, 6.07) is 0. The van der Waals surface area contributed by atoms with Crippen LogP contribution in [0.25, 0.3) is 0 Å². The zero-order chi connectivity index (χ0) is 47.9. The van der Waals surface area contributed by atoms with Crippen LogP contribution in [0.5, 0.6) is 0 Å². The fourth-order valence-corrected chi connectivity index (χ4v) is 14.9. The van der Waals surface area contributed by atoms with Crippen LogP contribution < -0.4 is 0 Å². The largest absolute Gasteiger partial charge is 0.394 e. The fraction of sp³-hybridized carbons (Fsp3) is 0.958. The Kier molecular flexibility index (Phi) is 15.2. The molecule has 0 amide bonds. The third kappa shape index (κ3) is 8.73. The molecule has 3 aliphatic heterocycles. The lowest BCUT2D eigenvalue weighted by Crippen LogP contribution is -2.70. The lowest BCUT2D eigenvalue weighted by atomic mass is 9.35. The summed E-state index contributed by atoms with van der Waals surface area (Å²) in [5, 5.41) is 119. The molecule has 17 nitrogen and oxygen atoms in total. The second-order valence-electron chi connectivity index (χ2n) is 22.9. The predicted octanol–water partition coefficient (Wildman–Crippen LogP) is 1.00. The van der Waals surface area contributed by atoms with Crippen molar-refractivity contribution in [2.45, 2.75) is 230 Å². The van der Waals surface area contributed by atoms with E-state index in [0.29, 0.717) is 25.7 Å². The normalized spacial score (nSPS) is 53.0. The molecule has 4 aliphatic carbocycles. The lowest BCUT2D eigenvalue weighted by Gasteiger charge is -2.71. The van der Waals surface area contributed by atoms with Crippen LogP contribution in [0.2, 0.25) is 0 Å². The highest BCUT2D eigenvalue weighted by molar-refractivity contribution is 5.21. The van der Waals surface area contributed by atoms with Crippen molar-refractivity contribution in [1.29, 1.82) is 0 Å². The number of hydrogen-bond acceptors (Lipinski definition) is 17. The Morgan fingerprint density at radius 2 is 1.26 bits per heavy atom. The molecule has 0 radical (unpaired) electrons. The first-order valence-electron chi connectivity index (χ1n) is 24.2. The quantitative estimate of drug-likeness (QED) is 0.0962. The number of aliphatic hydroxyl groups excluding tert-OH is 11. The highest BCUT2D eigenvalue weighted by Crippen LogP contribution is 2.76. The summed E-state index contributed by atoms with van der Waals surface area (Å²) >= 11 is 0. The molecule has 17 heteroatoms. The first kappa shape index (κ1) is 51.9. The molecule has 0 aromatic carbocycles. The molecule has 11 N–H and O–H groups in total. The number of ether oxygens (including phenoxy) is 6. The van der Waals surface area contributed by atoms with Crippen molar-refractivity contribution in [2.24, 2.45) is 45.3 Å². The summed E-state index contributed by atoms with van der Waals surface area (Å²) in [6.45, 7) is 17.6. The summed E-state index contributed by atoms with van der Waals surface area (Å²) in [7, 11) is 0. The van der Waals surface area contributed by atoms with E-state index in [1.165, 1.54) is 6.92 Å². The molecular formula is C48H82O17. The molecule has 0 spiro atoms. The molecule has 0 aromatic rings. The molecule has 7 fully saturated rings. The van der Waals surface area contributed by atoms with E-state index in [2.05, 4.69) is 47.6 Å². The Balaban J connectivity index is 1.25. The number of aliphatic hydroxyl groups is 11. The van der Waals surface area contributed by atoms with E-state index in [9.17, 15) is 56.2 Å². The van der Waals surface area contributed by atoms with Gasteiger partial charge in [0, 0.05) is 0 Å². The first-order chi connectivity index (χ1) is 30.3. The zero-order valence-corrected chi connectivity index (χ0v) is 39.8. The zero-order valence-electron chi connectivity index (χ0n) is 39.8.